The summed E-state index contributed by atoms with van der Waals surface area (Å²) in [5.74, 6) is -0.394. The lowest BCUT2D eigenvalue weighted by atomic mass is 10.1. The minimum Gasteiger partial charge on any atom is -0.459 e. The van der Waals surface area contributed by atoms with E-state index in [0.717, 1.165) is 5.69 Å². The van der Waals surface area contributed by atoms with Crippen molar-refractivity contribution in [3.63, 3.8) is 0 Å². The first kappa shape index (κ1) is 17.8. The largest absolute Gasteiger partial charge is 0.459 e. The first-order valence-electron chi connectivity index (χ1n) is 8.04. The van der Waals surface area contributed by atoms with Crippen molar-refractivity contribution in [3.05, 3.63) is 60.2 Å². The van der Waals surface area contributed by atoms with Crippen LogP contribution in [0.25, 0.3) is 0 Å². The van der Waals surface area contributed by atoms with Crippen LogP contribution in [0.5, 0.6) is 0 Å². The number of hydrogen-bond donors (Lipinski definition) is 1. The minimum atomic E-state index is -0.497. The second-order valence-corrected chi connectivity index (χ2v) is 5.60. The third-order valence-corrected chi connectivity index (χ3v) is 3.47. The molecule has 5 nitrogen and oxygen atoms in total. The van der Waals surface area contributed by atoms with Gasteiger partial charge in [0, 0.05) is 6.42 Å². The number of carbonyl (C=O) groups is 1. The van der Waals surface area contributed by atoms with E-state index in [1.807, 2.05) is 37.3 Å². The van der Waals surface area contributed by atoms with Crippen molar-refractivity contribution in [2.45, 2.75) is 38.9 Å². The number of esters is 1. The summed E-state index contributed by atoms with van der Waals surface area (Å²) in [5, 5.41) is 17.7. The molecule has 2 rings (SSSR count). The molecule has 0 bridgehead atoms. The van der Waals surface area contributed by atoms with E-state index in [0.29, 0.717) is 24.1 Å². The van der Waals surface area contributed by atoms with Gasteiger partial charge in [0.1, 0.15) is 6.10 Å². The normalized spacial score (nSPS) is 13.6. The summed E-state index contributed by atoms with van der Waals surface area (Å²) in [4.78, 5) is 12.1. The van der Waals surface area contributed by atoms with E-state index < -0.39 is 12.1 Å². The average molecular weight is 326 g/mol. The number of hydrogen-bond acceptors (Lipinski definition) is 5. The summed E-state index contributed by atoms with van der Waals surface area (Å²) in [7, 11) is 0. The van der Waals surface area contributed by atoms with Gasteiger partial charge < -0.3 is 9.84 Å². The number of aliphatic hydroxyl groups excluding tert-OH is 1. The Morgan fingerprint density at radius 2 is 1.62 bits per heavy atom. The molecule has 0 saturated heterocycles. The van der Waals surface area contributed by atoms with Gasteiger partial charge in [-0.3, -0.25) is 0 Å². The Bertz CT molecular complexity index is 667. The summed E-state index contributed by atoms with van der Waals surface area (Å²) >= 11 is 0. The first-order valence-corrected chi connectivity index (χ1v) is 8.04. The van der Waals surface area contributed by atoms with Crippen molar-refractivity contribution in [1.29, 1.82) is 0 Å². The Morgan fingerprint density at radius 1 is 1.04 bits per heavy atom. The lowest BCUT2D eigenvalue weighted by Crippen LogP contribution is -2.21. The topological polar surface area (TPSA) is 71.2 Å². The molecule has 0 amide bonds. The second kappa shape index (κ2) is 8.93. The molecule has 0 aliphatic rings. The van der Waals surface area contributed by atoms with Gasteiger partial charge in [-0.25, -0.2) is 4.79 Å². The molecule has 2 atom stereocenters. The van der Waals surface area contributed by atoms with Crippen molar-refractivity contribution < 1.29 is 14.6 Å². The van der Waals surface area contributed by atoms with Gasteiger partial charge in [-0.05, 0) is 49.7 Å². The van der Waals surface area contributed by atoms with Gasteiger partial charge in [-0.2, -0.15) is 10.2 Å². The predicted octanol–water partition coefficient (Wildman–Crippen LogP) is 4.81. The zero-order valence-corrected chi connectivity index (χ0v) is 13.9. The highest BCUT2D eigenvalue weighted by Crippen LogP contribution is 2.19. The van der Waals surface area contributed by atoms with Gasteiger partial charge in [-0.1, -0.05) is 25.1 Å². The lowest BCUT2D eigenvalue weighted by molar-refractivity contribution is 0.0159. The second-order valence-electron chi connectivity index (χ2n) is 5.60. The van der Waals surface area contributed by atoms with Crippen molar-refractivity contribution in [3.8, 4) is 0 Å². The molecule has 126 valence electrons. The van der Waals surface area contributed by atoms with Crippen LogP contribution in [0.4, 0.5) is 11.4 Å². The van der Waals surface area contributed by atoms with Gasteiger partial charge in [0.15, 0.2) is 0 Å². The molecule has 0 aliphatic carbocycles. The number of nitrogens with zero attached hydrogens (tertiary/aromatic N) is 2. The summed E-state index contributed by atoms with van der Waals surface area (Å²) in [6, 6.07) is 16.2. The molecule has 0 aromatic heterocycles. The van der Waals surface area contributed by atoms with Gasteiger partial charge in [0.25, 0.3) is 0 Å². The zero-order valence-electron chi connectivity index (χ0n) is 13.9. The van der Waals surface area contributed by atoms with Crippen LogP contribution in [0, 0.1) is 0 Å². The third-order valence-electron chi connectivity index (χ3n) is 3.47. The Hall–Kier alpha value is -2.53. The molecule has 2 aromatic carbocycles. The molecule has 2 aromatic rings. The highest BCUT2D eigenvalue weighted by Gasteiger charge is 2.16. The fourth-order valence-electron chi connectivity index (χ4n) is 2.17. The SMILES string of the molecule is CCC(CC(C)O)OC(=O)c1ccc(N=Nc2ccccc2)cc1. The number of ether oxygens (including phenoxy) is 1. The van der Waals surface area contributed by atoms with E-state index in [2.05, 4.69) is 10.2 Å². The van der Waals surface area contributed by atoms with Gasteiger partial charge >= 0.3 is 5.97 Å². The van der Waals surface area contributed by atoms with Crippen LogP contribution in [0.2, 0.25) is 0 Å². The Labute approximate surface area is 142 Å². The summed E-state index contributed by atoms with van der Waals surface area (Å²) in [5.41, 5.74) is 1.88. The third kappa shape index (κ3) is 5.59. The Kier molecular flexibility index (Phi) is 6.63. The predicted molar refractivity (Wildman–Crippen MR) is 92.9 cm³/mol. The molecule has 24 heavy (non-hydrogen) atoms. The number of carbonyl (C=O) groups excluding carboxylic acids is 1. The van der Waals surface area contributed by atoms with Crippen molar-refractivity contribution >= 4 is 17.3 Å². The summed E-state index contributed by atoms with van der Waals surface area (Å²) in [6.07, 6.45) is 0.324. The van der Waals surface area contributed by atoms with E-state index >= 15 is 0 Å². The van der Waals surface area contributed by atoms with Crippen LogP contribution in [-0.4, -0.2) is 23.3 Å². The molecule has 0 fully saturated rings. The van der Waals surface area contributed by atoms with Gasteiger partial charge in [-0.15, -0.1) is 0 Å². The maximum Gasteiger partial charge on any atom is 0.338 e. The molecule has 1 N–H and O–H groups in total. The molecule has 0 saturated carbocycles. The molecular formula is C19H22N2O3. The van der Waals surface area contributed by atoms with Gasteiger partial charge in [0.2, 0.25) is 0 Å². The van der Waals surface area contributed by atoms with Crippen LogP contribution in [0.1, 0.15) is 37.0 Å². The van der Waals surface area contributed by atoms with Crippen LogP contribution >= 0.6 is 0 Å². The first-order chi connectivity index (χ1) is 11.6. The molecule has 0 heterocycles. The lowest BCUT2D eigenvalue weighted by Gasteiger charge is -2.17. The monoisotopic (exact) mass is 326 g/mol. The van der Waals surface area contributed by atoms with Crippen LogP contribution in [0.3, 0.4) is 0 Å². The van der Waals surface area contributed by atoms with E-state index in [9.17, 15) is 9.90 Å². The van der Waals surface area contributed by atoms with Crippen LogP contribution in [-0.2, 0) is 4.74 Å². The zero-order chi connectivity index (χ0) is 17.4. The molecule has 5 heteroatoms. The smallest absolute Gasteiger partial charge is 0.338 e. The molecule has 0 aliphatic heterocycles. The summed E-state index contributed by atoms with van der Waals surface area (Å²) in [6.45, 7) is 3.61. The quantitative estimate of drug-likeness (QED) is 0.586. The summed E-state index contributed by atoms with van der Waals surface area (Å²) < 4.78 is 5.41. The maximum absolute atomic E-state index is 12.1. The Morgan fingerprint density at radius 3 is 2.17 bits per heavy atom. The highest BCUT2D eigenvalue weighted by molar-refractivity contribution is 5.89. The van der Waals surface area contributed by atoms with Crippen LogP contribution < -0.4 is 0 Å². The number of benzene rings is 2. The van der Waals surface area contributed by atoms with Crippen molar-refractivity contribution in [1.82, 2.24) is 0 Å². The fraction of sp³-hybridized carbons (Fsp3) is 0.316. The van der Waals surface area contributed by atoms with E-state index in [4.69, 9.17) is 4.74 Å². The molecule has 2 unspecified atom stereocenters. The number of aliphatic hydroxyl groups is 1. The van der Waals surface area contributed by atoms with Crippen molar-refractivity contribution in [2.75, 3.05) is 0 Å². The molecule has 0 spiro atoms. The van der Waals surface area contributed by atoms with Crippen molar-refractivity contribution in [2.24, 2.45) is 10.2 Å². The van der Waals surface area contributed by atoms with E-state index in [1.54, 1.807) is 31.2 Å². The number of azo groups is 1. The van der Waals surface area contributed by atoms with E-state index in [-0.39, 0.29) is 6.10 Å². The van der Waals surface area contributed by atoms with E-state index in [1.165, 1.54) is 0 Å². The fourth-order valence-corrected chi connectivity index (χ4v) is 2.17. The maximum atomic E-state index is 12.1. The minimum absolute atomic E-state index is 0.282. The standard InChI is InChI=1S/C19H22N2O3/c1-3-18(13-14(2)22)24-19(23)15-9-11-17(12-10-15)21-20-16-7-5-4-6-8-16/h4-12,14,18,22H,3,13H2,1-2H3. The number of rotatable bonds is 7. The molecular weight excluding hydrogens is 304 g/mol. The van der Waals surface area contributed by atoms with Crippen LogP contribution in [0.15, 0.2) is 64.8 Å². The highest BCUT2D eigenvalue weighted by atomic mass is 16.5. The van der Waals surface area contributed by atoms with Gasteiger partial charge in [0.05, 0.1) is 23.0 Å². The molecule has 0 radical (unpaired) electrons. The Balaban J connectivity index is 1.98. The average Bonchev–Trinajstić information content (AvgIpc) is 2.60.